The first kappa shape index (κ1) is 18.4. The van der Waals surface area contributed by atoms with E-state index in [-0.39, 0.29) is 11.8 Å². The highest BCUT2D eigenvalue weighted by molar-refractivity contribution is 5.78. The second kappa shape index (κ2) is 8.39. The minimum atomic E-state index is -0.0350. The lowest BCUT2D eigenvalue weighted by Crippen LogP contribution is -2.42. The van der Waals surface area contributed by atoms with Crippen LogP contribution >= 0.6 is 0 Å². The van der Waals surface area contributed by atoms with E-state index in [0.29, 0.717) is 31.3 Å². The fraction of sp³-hybridized carbons (Fsp3) is 0.381. The van der Waals surface area contributed by atoms with Crippen molar-refractivity contribution in [1.29, 1.82) is 0 Å². The van der Waals surface area contributed by atoms with Crippen LogP contribution in [0.1, 0.15) is 30.0 Å². The van der Waals surface area contributed by atoms with Gasteiger partial charge in [0.25, 0.3) is 5.89 Å². The second-order valence-electron chi connectivity index (χ2n) is 7.25. The Morgan fingerprint density at radius 3 is 2.93 bits per heavy atom. The molecule has 0 bridgehead atoms. The fourth-order valence-electron chi connectivity index (χ4n) is 3.48. The SMILES string of the molecule is Cc1ccc(-c2nc(CN3CCC[C@@H](C(=O)NCc4ccco4)C3)no2)cc1. The van der Waals surface area contributed by atoms with Crippen LogP contribution in [-0.4, -0.2) is 34.0 Å². The molecule has 1 saturated heterocycles. The van der Waals surface area contributed by atoms with E-state index in [1.807, 2.05) is 43.3 Å². The number of carbonyl (C=O) groups is 1. The molecule has 3 heterocycles. The number of nitrogens with one attached hydrogen (secondary N) is 1. The van der Waals surface area contributed by atoms with Gasteiger partial charge in [0, 0.05) is 12.1 Å². The molecule has 146 valence electrons. The summed E-state index contributed by atoms with van der Waals surface area (Å²) in [6.45, 7) is 4.67. The van der Waals surface area contributed by atoms with Gasteiger partial charge in [-0.15, -0.1) is 0 Å². The Labute approximate surface area is 163 Å². The van der Waals surface area contributed by atoms with E-state index in [0.717, 1.165) is 30.7 Å². The molecule has 3 aromatic rings. The first-order valence-electron chi connectivity index (χ1n) is 9.59. The van der Waals surface area contributed by atoms with Gasteiger partial charge in [0.2, 0.25) is 5.91 Å². The summed E-state index contributed by atoms with van der Waals surface area (Å²) in [6.07, 6.45) is 3.47. The number of aromatic nitrogens is 2. The van der Waals surface area contributed by atoms with Crippen molar-refractivity contribution < 1.29 is 13.7 Å². The van der Waals surface area contributed by atoms with Crippen LogP contribution in [0.3, 0.4) is 0 Å². The lowest BCUT2D eigenvalue weighted by atomic mass is 9.97. The van der Waals surface area contributed by atoms with Crippen molar-refractivity contribution in [2.75, 3.05) is 13.1 Å². The average Bonchev–Trinajstić information content (AvgIpc) is 3.39. The third-order valence-electron chi connectivity index (χ3n) is 5.02. The van der Waals surface area contributed by atoms with Crippen LogP contribution in [0.15, 0.2) is 51.6 Å². The molecule has 1 N–H and O–H groups in total. The van der Waals surface area contributed by atoms with Crippen molar-refractivity contribution in [2.45, 2.75) is 32.9 Å². The van der Waals surface area contributed by atoms with Crippen LogP contribution in [0.5, 0.6) is 0 Å². The molecule has 7 heteroatoms. The van der Waals surface area contributed by atoms with Crippen molar-refractivity contribution in [3.8, 4) is 11.5 Å². The molecule has 0 radical (unpaired) electrons. The minimum Gasteiger partial charge on any atom is -0.467 e. The summed E-state index contributed by atoms with van der Waals surface area (Å²) < 4.78 is 10.7. The van der Waals surface area contributed by atoms with Crippen LogP contribution in [0.4, 0.5) is 0 Å². The standard InChI is InChI=1S/C21H24N4O3/c1-15-6-8-16(9-7-15)21-23-19(24-28-21)14-25-10-2-4-17(13-25)20(26)22-12-18-5-3-11-27-18/h3,5-9,11,17H,2,4,10,12-14H2,1H3,(H,22,26)/t17-/m1/s1. The number of aryl methyl sites for hydroxylation is 1. The second-order valence-corrected chi connectivity index (χ2v) is 7.25. The normalized spacial score (nSPS) is 17.5. The first-order valence-corrected chi connectivity index (χ1v) is 9.59. The van der Waals surface area contributed by atoms with E-state index in [4.69, 9.17) is 8.94 Å². The van der Waals surface area contributed by atoms with Gasteiger partial charge < -0.3 is 14.3 Å². The van der Waals surface area contributed by atoms with Crippen molar-refractivity contribution in [1.82, 2.24) is 20.4 Å². The van der Waals surface area contributed by atoms with E-state index < -0.39 is 0 Å². The molecule has 1 aromatic carbocycles. The molecule has 2 aromatic heterocycles. The van der Waals surface area contributed by atoms with Crippen LogP contribution < -0.4 is 5.32 Å². The Kier molecular flexibility index (Phi) is 5.53. The van der Waals surface area contributed by atoms with Gasteiger partial charge in [-0.25, -0.2) is 0 Å². The zero-order valence-electron chi connectivity index (χ0n) is 15.9. The molecule has 1 aliphatic rings. The summed E-state index contributed by atoms with van der Waals surface area (Å²) in [4.78, 5) is 19.2. The molecule has 0 saturated carbocycles. The molecular weight excluding hydrogens is 356 g/mol. The molecule has 0 unspecified atom stereocenters. The third kappa shape index (κ3) is 4.48. The molecule has 1 amide bonds. The summed E-state index contributed by atoms with van der Waals surface area (Å²) in [7, 11) is 0. The predicted octanol–water partition coefficient (Wildman–Crippen LogP) is 3.17. The van der Waals surface area contributed by atoms with E-state index >= 15 is 0 Å². The highest BCUT2D eigenvalue weighted by Crippen LogP contribution is 2.21. The first-order chi connectivity index (χ1) is 13.7. The van der Waals surface area contributed by atoms with Gasteiger partial charge in [-0.05, 0) is 50.6 Å². The lowest BCUT2D eigenvalue weighted by molar-refractivity contribution is -0.127. The molecule has 7 nitrogen and oxygen atoms in total. The molecule has 1 aliphatic heterocycles. The quantitative estimate of drug-likeness (QED) is 0.707. The maximum absolute atomic E-state index is 12.5. The van der Waals surface area contributed by atoms with Crippen molar-refractivity contribution in [3.05, 3.63) is 59.8 Å². The van der Waals surface area contributed by atoms with Crippen LogP contribution in [-0.2, 0) is 17.9 Å². The molecule has 0 aliphatic carbocycles. The zero-order chi connectivity index (χ0) is 19.3. The molecule has 0 spiro atoms. The summed E-state index contributed by atoms with van der Waals surface area (Å²) in [5.41, 5.74) is 2.10. The van der Waals surface area contributed by atoms with Gasteiger partial charge in [-0.3, -0.25) is 9.69 Å². The van der Waals surface area contributed by atoms with Gasteiger partial charge >= 0.3 is 0 Å². The largest absolute Gasteiger partial charge is 0.467 e. The van der Waals surface area contributed by atoms with E-state index in [2.05, 4.69) is 20.4 Å². The maximum Gasteiger partial charge on any atom is 0.257 e. The summed E-state index contributed by atoms with van der Waals surface area (Å²) in [6, 6.07) is 11.7. The molecular formula is C21H24N4O3. The van der Waals surface area contributed by atoms with Crippen molar-refractivity contribution in [2.24, 2.45) is 5.92 Å². The number of piperidine rings is 1. The van der Waals surface area contributed by atoms with E-state index in [1.165, 1.54) is 5.56 Å². The maximum atomic E-state index is 12.5. The Balaban J connectivity index is 1.32. The predicted molar refractivity (Wildman–Crippen MR) is 103 cm³/mol. The number of likely N-dealkylation sites (tertiary alicyclic amines) is 1. The summed E-state index contributed by atoms with van der Waals surface area (Å²) >= 11 is 0. The average molecular weight is 380 g/mol. The Morgan fingerprint density at radius 2 is 2.14 bits per heavy atom. The monoisotopic (exact) mass is 380 g/mol. The van der Waals surface area contributed by atoms with Gasteiger partial charge in [0.05, 0.1) is 25.3 Å². The Morgan fingerprint density at radius 1 is 1.29 bits per heavy atom. The van der Waals surface area contributed by atoms with E-state index in [1.54, 1.807) is 6.26 Å². The van der Waals surface area contributed by atoms with E-state index in [9.17, 15) is 4.79 Å². The number of nitrogens with zero attached hydrogens (tertiary/aromatic N) is 3. The fourth-order valence-corrected chi connectivity index (χ4v) is 3.48. The van der Waals surface area contributed by atoms with Gasteiger partial charge in [-0.2, -0.15) is 4.98 Å². The van der Waals surface area contributed by atoms with Crippen molar-refractivity contribution in [3.63, 3.8) is 0 Å². The zero-order valence-corrected chi connectivity index (χ0v) is 15.9. The number of hydrogen-bond acceptors (Lipinski definition) is 6. The van der Waals surface area contributed by atoms with Crippen molar-refractivity contribution >= 4 is 5.91 Å². The van der Waals surface area contributed by atoms with Gasteiger partial charge in [0.15, 0.2) is 5.82 Å². The lowest BCUT2D eigenvalue weighted by Gasteiger charge is -2.30. The summed E-state index contributed by atoms with van der Waals surface area (Å²) in [5, 5.41) is 7.07. The number of benzene rings is 1. The molecule has 28 heavy (non-hydrogen) atoms. The third-order valence-corrected chi connectivity index (χ3v) is 5.02. The van der Waals surface area contributed by atoms with Crippen LogP contribution in [0.2, 0.25) is 0 Å². The number of hydrogen-bond donors (Lipinski definition) is 1. The highest BCUT2D eigenvalue weighted by atomic mass is 16.5. The Bertz CT molecular complexity index is 902. The topological polar surface area (TPSA) is 84.4 Å². The minimum absolute atomic E-state index is 0.0350. The van der Waals surface area contributed by atoms with Gasteiger partial charge in [0.1, 0.15) is 5.76 Å². The highest BCUT2D eigenvalue weighted by Gasteiger charge is 2.26. The van der Waals surface area contributed by atoms with Crippen LogP contribution in [0.25, 0.3) is 11.5 Å². The number of rotatable bonds is 6. The summed E-state index contributed by atoms with van der Waals surface area (Å²) in [5.74, 6) is 1.96. The number of amides is 1. The number of carbonyl (C=O) groups excluding carboxylic acids is 1. The Hall–Kier alpha value is -2.93. The molecule has 1 atom stereocenters. The number of furan rings is 1. The van der Waals surface area contributed by atoms with Gasteiger partial charge in [-0.1, -0.05) is 22.9 Å². The molecule has 4 rings (SSSR count). The molecule has 1 fully saturated rings. The van der Waals surface area contributed by atoms with Crippen LogP contribution in [0, 0.1) is 12.8 Å². The smallest absolute Gasteiger partial charge is 0.257 e.